The third-order valence-electron chi connectivity index (χ3n) is 4.60. The van der Waals surface area contributed by atoms with Crippen LogP contribution in [-0.2, 0) is 29.4 Å². The fourth-order valence-corrected chi connectivity index (χ4v) is 3.63. The van der Waals surface area contributed by atoms with Crippen molar-refractivity contribution in [2.45, 2.75) is 51.1 Å². The molecule has 1 unspecified atom stereocenters. The molecule has 2 aromatic carbocycles. The van der Waals surface area contributed by atoms with Gasteiger partial charge in [0, 0.05) is 30.8 Å². The first-order valence-corrected chi connectivity index (χ1v) is 10.2. The maximum absolute atomic E-state index is 13.5. The van der Waals surface area contributed by atoms with Gasteiger partial charge in [-0.1, -0.05) is 18.2 Å². The largest absolute Gasteiger partial charge is 0.381 e. The Morgan fingerprint density at radius 2 is 1.62 bits per heavy atom. The van der Waals surface area contributed by atoms with Crippen LogP contribution in [0, 0.1) is 0 Å². The highest BCUT2D eigenvalue weighted by Gasteiger charge is 2.28. The van der Waals surface area contributed by atoms with Gasteiger partial charge in [0.15, 0.2) is 0 Å². The summed E-state index contributed by atoms with van der Waals surface area (Å²) in [6.07, 6.45) is 0.249. The van der Waals surface area contributed by atoms with Gasteiger partial charge in [0.25, 0.3) is 0 Å². The highest BCUT2D eigenvalue weighted by molar-refractivity contribution is 7.94. The predicted molar refractivity (Wildman–Crippen MR) is 105 cm³/mol. The van der Waals surface area contributed by atoms with Crippen molar-refractivity contribution in [3.63, 3.8) is 0 Å². The van der Waals surface area contributed by atoms with Crippen LogP contribution in [0.5, 0.6) is 0 Å². The summed E-state index contributed by atoms with van der Waals surface area (Å²) in [6.45, 7) is 5.60. The lowest BCUT2D eigenvalue weighted by Crippen LogP contribution is -2.33. The van der Waals surface area contributed by atoms with Crippen molar-refractivity contribution in [3.8, 4) is 0 Å². The molecular weight excluding hydrogens is 351 g/mol. The fourth-order valence-electron chi connectivity index (χ4n) is 2.88. The lowest BCUT2D eigenvalue weighted by molar-refractivity contribution is 0.349. The molecule has 4 nitrogen and oxygen atoms in total. The third-order valence-corrected chi connectivity index (χ3v) is 6.71. The van der Waals surface area contributed by atoms with Crippen LogP contribution < -0.4 is 10.0 Å². The summed E-state index contributed by atoms with van der Waals surface area (Å²) < 4.78 is 39.6. The summed E-state index contributed by atoms with van der Waals surface area (Å²) >= 11 is 0. The molecule has 0 radical (unpaired) electrons. The molecule has 0 saturated heterocycles. The van der Waals surface area contributed by atoms with Crippen molar-refractivity contribution in [1.82, 2.24) is 0 Å². The van der Waals surface area contributed by atoms with E-state index in [4.69, 9.17) is 0 Å². The molecule has 0 aliphatic heterocycles. The van der Waals surface area contributed by atoms with Crippen LogP contribution in [0.15, 0.2) is 42.5 Å². The smallest absolute Gasteiger partial charge is 0.237 e. The van der Waals surface area contributed by atoms with Crippen LogP contribution >= 0.6 is 0 Å². The summed E-state index contributed by atoms with van der Waals surface area (Å²) in [5, 5.41) is 3.34. The van der Waals surface area contributed by atoms with E-state index in [9.17, 15) is 12.8 Å². The van der Waals surface area contributed by atoms with E-state index in [2.05, 4.69) is 10.0 Å². The first kappa shape index (κ1) is 18.7. The maximum atomic E-state index is 13.5. The van der Waals surface area contributed by atoms with Crippen LogP contribution in [0.25, 0.3) is 0 Å². The van der Waals surface area contributed by atoms with E-state index in [-0.39, 0.29) is 0 Å². The van der Waals surface area contributed by atoms with Crippen LogP contribution in [0.4, 0.5) is 15.8 Å². The van der Waals surface area contributed by atoms with Crippen LogP contribution in [0.2, 0.25) is 0 Å². The zero-order valence-electron chi connectivity index (χ0n) is 15.3. The predicted octanol–water partition coefficient (Wildman–Crippen LogP) is 4.28. The monoisotopic (exact) mass is 376 g/mol. The Bertz CT molecular complexity index is 887. The Balaban J connectivity index is 1.61. The van der Waals surface area contributed by atoms with E-state index < -0.39 is 20.9 Å². The summed E-state index contributed by atoms with van der Waals surface area (Å²) in [5.41, 5.74) is 4.73. The van der Waals surface area contributed by atoms with Gasteiger partial charge in [-0.3, -0.25) is 4.72 Å². The van der Waals surface area contributed by atoms with Gasteiger partial charge < -0.3 is 5.32 Å². The van der Waals surface area contributed by atoms with E-state index in [1.54, 1.807) is 32.9 Å². The van der Waals surface area contributed by atoms with E-state index in [1.807, 2.05) is 30.3 Å². The van der Waals surface area contributed by atoms with Gasteiger partial charge >= 0.3 is 0 Å². The molecule has 1 aliphatic rings. The minimum Gasteiger partial charge on any atom is -0.381 e. The van der Waals surface area contributed by atoms with Crippen molar-refractivity contribution in [1.29, 1.82) is 0 Å². The van der Waals surface area contributed by atoms with Gasteiger partial charge in [-0.05, 0) is 61.7 Å². The quantitative estimate of drug-likeness (QED) is 0.819. The molecule has 1 atom stereocenters. The average molecular weight is 376 g/mol. The molecule has 0 saturated carbocycles. The molecule has 2 N–H and O–H groups in total. The number of hydrogen-bond donors (Lipinski definition) is 2. The highest BCUT2D eigenvalue weighted by atomic mass is 32.2. The van der Waals surface area contributed by atoms with Crippen LogP contribution in [0.3, 0.4) is 0 Å². The second-order valence-corrected chi connectivity index (χ2v) is 10.2. The maximum Gasteiger partial charge on any atom is 0.237 e. The molecule has 6 heteroatoms. The van der Waals surface area contributed by atoms with Crippen molar-refractivity contribution in [3.05, 3.63) is 59.2 Å². The number of anilines is 2. The summed E-state index contributed by atoms with van der Waals surface area (Å²) in [5.74, 6) is 0. The minimum atomic E-state index is -3.43. The molecule has 3 rings (SSSR count). The number of sulfonamides is 1. The number of halogens is 1. The Morgan fingerprint density at radius 1 is 1.00 bits per heavy atom. The van der Waals surface area contributed by atoms with Gasteiger partial charge in [0.05, 0.1) is 4.75 Å². The minimum absolute atomic E-state index is 0.494. The molecule has 26 heavy (non-hydrogen) atoms. The van der Waals surface area contributed by atoms with Gasteiger partial charge in [-0.25, -0.2) is 12.8 Å². The molecule has 0 aromatic heterocycles. The number of alkyl halides is 1. The molecule has 140 valence electrons. The molecule has 2 aromatic rings. The third kappa shape index (κ3) is 4.18. The number of rotatable bonds is 5. The summed E-state index contributed by atoms with van der Waals surface area (Å²) in [7, 11) is -3.43. The Labute approximate surface area is 154 Å². The van der Waals surface area contributed by atoms with Gasteiger partial charge in [-0.2, -0.15) is 0 Å². The molecule has 0 bridgehead atoms. The summed E-state index contributed by atoms with van der Waals surface area (Å²) in [6, 6.07) is 13.3. The first-order chi connectivity index (χ1) is 12.1. The lowest BCUT2D eigenvalue weighted by atomic mass is 10.1. The molecule has 0 spiro atoms. The van der Waals surface area contributed by atoms with Crippen molar-refractivity contribution in [2.24, 2.45) is 0 Å². The molecule has 0 heterocycles. The molecular formula is C20H25FN2O2S. The molecule has 1 aliphatic carbocycles. The topological polar surface area (TPSA) is 58.2 Å². The van der Waals surface area contributed by atoms with E-state index in [0.717, 1.165) is 22.4 Å². The van der Waals surface area contributed by atoms with Crippen LogP contribution in [0.1, 0.15) is 37.5 Å². The average Bonchev–Trinajstić information content (AvgIpc) is 2.92. The number of nitrogens with one attached hydrogen (secondary N) is 2. The van der Waals surface area contributed by atoms with Gasteiger partial charge in [0.1, 0.15) is 6.17 Å². The number of hydrogen-bond acceptors (Lipinski definition) is 3. The zero-order valence-corrected chi connectivity index (χ0v) is 16.2. The van der Waals surface area contributed by atoms with E-state index >= 15 is 0 Å². The van der Waals surface area contributed by atoms with Crippen LogP contribution in [-0.4, -0.2) is 19.3 Å². The van der Waals surface area contributed by atoms with E-state index in [1.165, 1.54) is 0 Å². The van der Waals surface area contributed by atoms with Gasteiger partial charge in [-0.15, -0.1) is 0 Å². The Kier molecular flexibility index (Phi) is 4.97. The molecule has 0 amide bonds. The van der Waals surface area contributed by atoms with Gasteiger partial charge in [0.2, 0.25) is 10.0 Å². The SMILES string of the molecule is CC(C)(C)S(=O)(=O)Nc1ccc(CNc2ccc3c(c2)CC(F)C3)cc1. The van der Waals surface area contributed by atoms with Crippen molar-refractivity contribution >= 4 is 21.4 Å². The zero-order chi connectivity index (χ0) is 18.9. The Hall–Kier alpha value is -2.08. The lowest BCUT2D eigenvalue weighted by Gasteiger charge is -2.20. The number of fused-ring (bicyclic) bond motifs is 1. The highest BCUT2D eigenvalue weighted by Crippen LogP contribution is 2.27. The fraction of sp³-hybridized carbons (Fsp3) is 0.400. The van der Waals surface area contributed by atoms with E-state index in [0.29, 0.717) is 25.1 Å². The standard InChI is InChI=1S/C20H25FN2O2S/c1-20(2,3)26(24,25)23-18-7-4-14(5-8-18)13-22-19-9-6-15-10-17(21)11-16(15)12-19/h4-9,12,17,22-23H,10-11,13H2,1-3H3. The second kappa shape index (κ2) is 6.91. The second-order valence-electron chi connectivity index (χ2n) is 7.76. The van der Waals surface area contributed by atoms with Crippen molar-refractivity contribution in [2.75, 3.05) is 10.0 Å². The molecule has 0 fully saturated rings. The first-order valence-electron chi connectivity index (χ1n) is 8.75. The number of benzene rings is 2. The van der Waals surface area contributed by atoms with Crippen molar-refractivity contribution < 1.29 is 12.8 Å². The summed E-state index contributed by atoms with van der Waals surface area (Å²) in [4.78, 5) is 0. The Morgan fingerprint density at radius 3 is 2.27 bits per heavy atom. The normalized spacial score (nSPS) is 17.0.